The molecule has 64 valence electrons. The molecule has 2 fully saturated rings. The molecule has 1 atom stereocenters. The highest BCUT2D eigenvalue weighted by Crippen LogP contribution is 2.53. The van der Waals surface area contributed by atoms with Gasteiger partial charge >= 0.3 is 0 Å². The lowest BCUT2D eigenvalue weighted by atomic mass is 9.55. The van der Waals surface area contributed by atoms with Crippen molar-refractivity contribution in [1.82, 2.24) is 5.32 Å². The minimum absolute atomic E-state index is 0.806. The van der Waals surface area contributed by atoms with E-state index < -0.39 is 0 Å². The molecule has 1 heteroatoms. The van der Waals surface area contributed by atoms with Crippen molar-refractivity contribution in [3.05, 3.63) is 0 Å². The highest BCUT2D eigenvalue weighted by atomic mass is 14.9. The Bertz CT molecular complexity index is 134. The van der Waals surface area contributed by atoms with Gasteiger partial charge in [-0.25, -0.2) is 0 Å². The fraction of sp³-hybridized carbons (Fsp3) is 1.00. The van der Waals surface area contributed by atoms with Gasteiger partial charge in [-0.3, -0.25) is 0 Å². The third-order valence-corrected chi connectivity index (χ3v) is 3.95. The van der Waals surface area contributed by atoms with E-state index in [2.05, 4.69) is 12.2 Å². The summed E-state index contributed by atoms with van der Waals surface area (Å²) >= 11 is 0. The smallest absolute Gasteiger partial charge is 0.00435 e. The number of piperidine rings is 1. The first kappa shape index (κ1) is 7.60. The maximum absolute atomic E-state index is 3.45. The van der Waals surface area contributed by atoms with Crippen LogP contribution in [0.3, 0.4) is 0 Å². The molecule has 0 aromatic rings. The Balaban J connectivity index is 1.97. The molecule has 0 bridgehead atoms. The van der Waals surface area contributed by atoms with Crippen LogP contribution in [0.25, 0.3) is 0 Å². The SMILES string of the molecule is CCC1CCC12CCNCC2. The summed E-state index contributed by atoms with van der Waals surface area (Å²) in [5.41, 5.74) is 0.806. The Labute approximate surface area is 69.6 Å². The number of hydrogen-bond acceptors (Lipinski definition) is 1. The van der Waals surface area contributed by atoms with Gasteiger partial charge in [-0.1, -0.05) is 13.3 Å². The molecule has 2 aliphatic rings. The predicted molar refractivity (Wildman–Crippen MR) is 47.6 cm³/mol. The van der Waals surface area contributed by atoms with Crippen LogP contribution in [0.4, 0.5) is 0 Å². The van der Waals surface area contributed by atoms with Crippen LogP contribution in [0, 0.1) is 11.3 Å². The minimum atomic E-state index is 0.806. The molecule has 0 aromatic carbocycles. The van der Waals surface area contributed by atoms with Crippen LogP contribution in [-0.4, -0.2) is 13.1 Å². The Morgan fingerprint density at radius 3 is 2.45 bits per heavy atom. The Kier molecular flexibility index (Phi) is 1.92. The van der Waals surface area contributed by atoms with E-state index in [4.69, 9.17) is 0 Å². The zero-order valence-corrected chi connectivity index (χ0v) is 7.53. The lowest BCUT2D eigenvalue weighted by molar-refractivity contribution is -0.00446. The fourth-order valence-corrected chi connectivity index (χ4v) is 2.98. The molecule has 1 unspecified atom stereocenters. The van der Waals surface area contributed by atoms with E-state index in [0.717, 1.165) is 11.3 Å². The second-order valence-electron chi connectivity index (χ2n) is 4.26. The Morgan fingerprint density at radius 1 is 1.27 bits per heavy atom. The fourth-order valence-electron chi connectivity index (χ4n) is 2.98. The topological polar surface area (TPSA) is 12.0 Å². The zero-order valence-electron chi connectivity index (χ0n) is 7.53. The first-order valence-corrected chi connectivity index (χ1v) is 5.08. The van der Waals surface area contributed by atoms with Crippen molar-refractivity contribution >= 4 is 0 Å². The average molecular weight is 153 g/mol. The summed E-state index contributed by atoms with van der Waals surface area (Å²) in [6.07, 6.45) is 7.35. The van der Waals surface area contributed by atoms with Crippen LogP contribution in [0.2, 0.25) is 0 Å². The molecule has 2 rings (SSSR count). The standard InChI is InChI=1S/C10H19N/c1-2-9-3-4-10(9)5-7-11-8-6-10/h9,11H,2-8H2,1H3. The van der Waals surface area contributed by atoms with Gasteiger partial charge in [0.1, 0.15) is 0 Å². The van der Waals surface area contributed by atoms with Crippen molar-refractivity contribution in [3.8, 4) is 0 Å². The van der Waals surface area contributed by atoms with E-state index in [1.807, 2.05) is 0 Å². The lowest BCUT2D eigenvalue weighted by Gasteiger charge is -2.52. The molecule has 1 aliphatic heterocycles. The molecule has 0 amide bonds. The molecule has 11 heavy (non-hydrogen) atoms. The van der Waals surface area contributed by atoms with E-state index in [0.29, 0.717) is 0 Å². The summed E-state index contributed by atoms with van der Waals surface area (Å²) < 4.78 is 0. The molecule has 1 N–H and O–H groups in total. The van der Waals surface area contributed by atoms with Crippen molar-refractivity contribution in [3.63, 3.8) is 0 Å². The third-order valence-electron chi connectivity index (χ3n) is 3.95. The molecular formula is C10H19N. The Morgan fingerprint density at radius 2 is 2.00 bits per heavy atom. The van der Waals surface area contributed by atoms with Gasteiger partial charge in [0, 0.05) is 0 Å². The van der Waals surface area contributed by atoms with Gasteiger partial charge in [0.25, 0.3) is 0 Å². The van der Waals surface area contributed by atoms with E-state index in [9.17, 15) is 0 Å². The molecule has 1 saturated carbocycles. The number of hydrogen-bond donors (Lipinski definition) is 1. The highest BCUT2D eigenvalue weighted by molar-refractivity contribution is 4.97. The maximum atomic E-state index is 3.45. The molecule has 0 radical (unpaired) electrons. The molecule has 1 aliphatic carbocycles. The molecule has 0 aromatic heterocycles. The number of nitrogens with one attached hydrogen (secondary N) is 1. The maximum Gasteiger partial charge on any atom is -0.00435 e. The van der Waals surface area contributed by atoms with Gasteiger partial charge in [-0.15, -0.1) is 0 Å². The van der Waals surface area contributed by atoms with Crippen LogP contribution in [0.5, 0.6) is 0 Å². The Hall–Kier alpha value is -0.0400. The van der Waals surface area contributed by atoms with Crippen molar-refractivity contribution in [2.45, 2.75) is 39.0 Å². The largest absolute Gasteiger partial charge is 0.317 e. The second-order valence-corrected chi connectivity index (χ2v) is 4.26. The molecule has 1 spiro atoms. The van der Waals surface area contributed by atoms with Crippen LogP contribution in [-0.2, 0) is 0 Å². The number of rotatable bonds is 1. The summed E-state index contributed by atoms with van der Waals surface area (Å²) in [6, 6.07) is 0. The molecule has 1 saturated heterocycles. The highest BCUT2D eigenvalue weighted by Gasteiger charge is 2.45. The average Bonchev–Trinajstić information content (AvgIpc) is 2.05. The third kappa shape index (κ3) is 1.10. The van der Waals surface area contributed by atoms with Gasteiger partial charge in [-0.05, 0) is 50.1 Å². The predicted octanol–water partition coefficient (Wildman–Crippen LogP) is 2.18. The van der Waals surface area contributed by atoms with Gasteiger partial charge in [0.15, 0.2) is 0 Å². The van der Waals surface area contributed by atoms with Crippen molar-refractivity contribution in [2.24, 2.45) is 11.3 Å². The summed E-state index contributed by atoms with van der Waals surface area (Å²) in [7, 11) is 0. The van der Waals surface area contributed by atoms with Crippen LogP contribution in [0.15, 0.2) is 0 Å². The van der Waals surface area contributed by atoms with E-state index in [-0.39, 0.29) is 0 Å². The second kappa shape index (κ2) is 2.78. The van der Waals surface area contributed by atoms with Crippen molar-refractivity contribution in [2.75, 3.05) is 13.1 Å². The minimum Gasteiger partial charge on any atom is -0.317 e. The summed E-state index contributed by atoms with van der Waals surface area (Å²) in [5, 5.41) is 3.45. The first-order chi connectivity index (χ1) is 5.37. The first-order valence-electron chi connectivity index (χ1n) is 5.08. The molecule has 1 heterocycles. The molecule has 1 nitrogen and oxygen atoms in total. The van der Waals surface area contributed by atoms with E-state index in [1.165, 1.54) is 45.2 Å². The summed E-state index contributed by atoms with van der Waals surface area (Å²) in [6.45, 7) is 4.90. The van der Waals surface area contributed by atoms with Crippen LogP contribution in [0.1, 0.15) is 39.0 Å². The van der Waals surface area contributed by atoms with Gasteiger partial charge in [0.2, 0.25) is 0 Å². The lowest BCUT2D eigenvalue weighted by Crippen LogP contribution is -2.47. The van der Waals surface area contributed by atoms with Gasteiger partial charge in [0.05, 0.1) is 0 Å². The zero-order chi connectivity index (χ0) is 7.73. The summed E-state index contributed by atoms with van der Waals surface area (Å²) in [4.78, 5) is 0. The van der Waals surface area contributed by atoms with Crippen LogP contribution < -0.4 is 5.32 Å². The van der Waals surface area contributed by atoms with Crippen molar-refractivity contribution < 1.29 is 0 Å². The van der Waals surface area contributed by atoms with Gasteiger partial charge < -0.3 is 5.32 Å². The van der Waals surface area contributed by atoms with Crippen LogP contribution >= 0.6 is 0 Å². The van der Waals surface area contributed by atoms with E-state index >= 15 is 0 Å². The van der Waals surface area contributed by atoms with Crippen molar-refractivity contribution in [1.29, 1.82) is 0 Å². The van der Waals surface area contributed by atoms with Gasteiger partial charge in [-0.2, -0.15) is 0 Å². The normalized spacial score (nSPS) is 35.2. The monoisotopic (exact) mass is 153 g/mol. The van der Waals surface area contributed by atoms with E-state index in [1.54, 1.807) is 0 Å². The summed E-state index contributed by atoms with van der Waals surface area (Å²) in [5.74, 6) is 1.07. The quantitative estimate of drug-likeness (QED) is 0.609. The molecular weight excluding hydrogens is 134 g/mol.